The van der Waals surface area contributed by atoms with E-state index in [0.29, 0.717) is 18.4 Å². The smallest absolute Gasteiger partial charge is 0.333 e. The maximum atomic E-state index is 12.5. The SMILES string of the molecule is COC(=O)C(C)=C(C)C(C)(C)C(C)(C)CCC(=O)CC=CC=CCCC=CC=C[C@@H]1OC(=O)C=C[C@@H]1C. The number of allylic oxidation sites excluding steroid dienone is 8. The second kappa shape index (κ2) is 15.3. The summed E-state index contributed by atoms with van der Waals surface area (Å²) in [5.74, 6) is -0.201. The molecule has 1 aliphatic heterocycles. The lowest BCUT2D eigenvalue weighted by Crippen LogP contribution is -2.35. The monoisotopic (exact) mass is 510 g/mol. The number of hydrogen-bond acceptors (Lipinski definition) is 5. The van der Waals surface area contributed by atoms with Gasteiger partial charge in [0.1, 0.15) is 11.9 Å². The van der Waals surface area contributed by atoms with Crippen LogP contribution in [0.1, 0.15) is 80.6 Å². The van der Waals surface area contributed by atoms with Crippen LogP contribution in [0.4, 0.5) is 0 Å². The number of ketones is 1. The molecule has 1 rings (SSSR count). The molecule has 37 heavy (non-hydrogen) atoms. The summed E-state index contributed by atoms with van der Waals surface area (Å²) in [5, 5.41) is 0. The second-order valence-electron chi connectivity index (χ2n) is 10.9. The molecule has 5 heteroatoms. The average Bonchev–Trinajstić information content (AvgIpc) is 2.86. The molecule has 0 bridgehead atoms. The number of carbonyl (C=O) groups is 3. The molecule has 2 atom stereocenters. The van der Waals surface area contributed by atoms with Crippen molar-refractivity contribution in [2.75, 3.05) is 7.11 Å². The van der Waals surface area contributed by atoms with Gasteiger partial charge in [0.2, 0.25) is 0 Å². The average molecular weight is 511 g/mol. The van der Waals surface area contributed by atoms with Crippen LogP contribution in [-0.2, 0) is 23.9 Å². The number of rotatable bonds is 14. The van der Waals surface area contributed by atoms with Crippen molar-refractivity contribution in [3.05, 3.63) is 71.9 Å². The van der Waals surface area contributed by atoms with Crippen LogP contribution < -0.4 is 0 Å². The van der Waals surface area contributed by atoms with Crippen molar-refractivity contribution in [3.8, 4) is 0 Å². The number of carbonyl (C=O) groups excluding carboxylic acids is 3. The van der Waals surface area contributed by atoms with Crippen molar-refractivity contribution in [3.63, 3.8) is 0 Å². The summed E-state index contributed by atoms with van der Waals surface area (Å²) < 4.78 is 10.1. The van der Waals surface area contributed by atoms with Crippen molar-refractivity contribution in [2.24, 2.45) is 16.7 Å². The highest BCUT2D eigenvalue weighted by atomic mass is 16.5. The Morgan fingerprint density at radius 2 is 1.59 bits per heavy atom. The number of ether oxygens (including phenoxy) is 2. The Kier molecular flexibility index (Phi) is 13.3. The Hall–Kier alpha value is -2.95. The Morgan fingerprint density at radius 3 is 2.22 bits per heavy atom. The third-order valence-corrected chi connectivity index (χ3v) is 7.80. The third kappa shape index (κ3) is 10.5. The largest absolute Gasteiger partial charge is 0.466 e. The molecule has 204 valence electrons. The number of esters is 2. The van der Waals surface area contributed by atoms with E-state index in [1.807, 2.05) is 56.4 Å². The van der Waals surface area contributed by atoms with E-state index in [1.54, 1.807) is 6.92 Å². The van der Waals surface area contributed by atoms with Crippen molar-refractivity contribution < 1.29 is 23.9 Å². The zero-order valence-electron chi connectivity index (χ0n) is 24.0. The molecule has 0 aliphatic carbocycles. The van der Waals surface area contributed by atoms with Crippen LogP contribution in [0.5, 0.6) is 0 Å². The van der Waals surface area contributed by atoms with E-state index in [0.717, 1.165) is 24.8 Å². The molecule has 0 saturated heterocycles. The summed E-state index contributed by atoms with van der Waals surface area (Å²) in [4.78, 5) is 35.7. The molecule has 0 spiro atoms. The Balaban J connectivity index is 2.38. The molecule has 0 N–H and O–H groups in total. The maximum Gasteiger partial charge on any atom is 0.333 e. The second-order valence-corrected chi connectivity index (χ2v) is 10.9. The van der Waals surface area contributed by atoms with Gasteiger partial charge in [0, 0.05) is 30.4 Å². The highest BCUT2D eigenvalue weighted by molar-refractivity contribution is 5.88. The van der Waals surface area contributed by atoms with Gasteiger partial charge in [-0.1, -0.05) is 88.8 Å². The fraction of sp³-hybridized carbons (Fsp3) is 0.531. The van der Waals surface area contributed by atoms with Crippen molar-refractivity contribution in [2.45, 2.75) is 86.7 Å². The molecule has 5 nitrogen and oxygen atoms in total. The number of cyclic esters (lactones) is 1. The van der Waals surface area contributed by atoms with Gasteiger partial charge in [-0.3, -0.25) is 4.79 Å². The minimum absolute atomic E-state index is 0.162. The highest BCUT2D eigenvalue weighted by Gasteiger charge is 2.39. The van der Waals surface area contributed by atoms with E-state index in [1.165, 1.54) is 13.2 Å². The first-order valence-corrected chi connectivity index (χ1v) is 13.1. The summed E-state index contributed by atoms with van der Waals surface area (Å²) in [6.45, 7) is 14.3. The molecule has 1 aliphatic rings. The van der Waals surface area contributed by atoms with Gasteiger partial charge >= 0.3 is 11.9 Å². The number of Topliss-reactive ketones (excluding diaryl/α,β-unsaturated/α-hetero) is 1. The predicted octanol–water partition coefficient (Wildman–Crippen LogP) is 7.41. The van der Waals surface area contributed by atoms with Crippen LogP contribution >= 0.6 is 0 Å². The van der Waals surface area contributed by atoms with Crippen LogP contribution in [0.25, 0.3) is 0 Å². The van der Waals surface area contributed by atoms with Crippen molar-refractivity contribution in [1.29, 1.82) is 0 Å². The minimum Gasteiger partial charge on any atom is -0.466 e. The van der Waals surface area contributed by atoms with Gasteiger partial charge in [0.15, 0.2) is 0 Å². The molecular weight excluding hydrogens is 464 g/mol. The summed E-state index contributed by atoms with van der Waals surface area (Å²) in [7, 11) is 1.40. The zero-order chi connectivity index (χ0) is 28.1. The van der Waals surface area contributed by atoms with Crippen molar-refractivity contribution >= 4 is 17.7 Å². The third-order valence-electron chi connectivity index (χ3n) is 7.80. The van der Waals surface area contributed by atoms with Gasteiger partial charge in [-0.2, -0.15) is 0 Å². The van der Waals surface area contributed by atoms with Crippen LogP contribution in [0.15, 0.2) is 71.9 Å². The number of hydrogen-bond donors (Lipinski definition) is 0. The summed E-state index contributed by atoms with van der Waals surface area (Å²) >= 11 is 0. The van der Waals surface area contributed by atoms with Crippen LogP contribution in [-0.4, -0.2) is 30.9 Å². The number of unbranched alkanes of at least 4 members (excludes halogenated alkanes) is 1. The summed E-state index contributed by atoms with van der Waals surface area (Å²) in [6, 6.07) is 0. The first-order chi connectivity index (χ1) is 17.3. The lowest BCUT2D eigenvalue weighted by atomic mass is 9.61. The molecule has 0 saturated carbocycles. The van der Waals surface area contributed by atoms with E-state index in [4.69, 9.17) is 9.47 Å². The quantitative estimate of drug-likeness (QED) is 0.105. The standard InChI is InChI=1S/C32H46O5/c1-24-20-21-29(34)37-28(24)19-17-15-13-11-9-10-12-14-16-18-27(33)22-23-31(4,5)32(6,7)26(3)25(2)30(35)36-8/h10,12-17,19-21,24,28H,9,11,18,22-23H2,1-8H3/t24-,28-/m0/s1. The van der Waals surface area contributed by atoms with E-state index in [9.17, 15) is 14.4 Å². The first-order valence-electron chi connectivity index (χ1n) is 13.1. The molecule has 0 aromatic carbocycles. The summed E-state index contributed by atoms with van der Waals surface area (Å²) in [6.07, 6.45) is 22.4. The number of methoxy groups -OCH3 is 1. The fourth-order valence-corrected chi connectivity index (χ4v) is 3.98. The molecule has 0 aromatic rings. The van der Waals surface area contributed by atoms with Gasteiger partial charge in [0.25, 0.3) is 0 Å². The van der Waals surface area contributed by atoms with Crippen LogP contribution in [0.3, 0.4) is 0 Å². The Labute approximate surface area is 224 Å². The highest BCUT2D eigenvalue weighted by Crippen LogP contribution is 2.48. The molecule has 0 amide bonds. The normalized spacial score (nSPS) is 19.7. The molecule has 0 aromatic heterocycles. The lowest BCUT2D eigenvalue weighted by molar-refractivity contribution is -0.143. The minimum atomic E-state index is -0.306. The fourth-order valence-electron chi connectivity index (χ4n) is 3.98. The Bertz CT molecular complexity index is 969. The van der Waals surface area contributed by atoms with Crippen LogP contribution in [0, 0.1) is 16.7 Å². The molecule has 0 unspecified atom stereocenters. The van der Waals surface area contributed by atoms with Gasteiger partial charge in [-0.15, -0.1) is 0 Å². The van der Waals surface area contributed by atoms with Gasteiger partial charge in [-0.05, 0) is 50.0 Å². The zero-order valence-corrected chi connectivity index (χ0v) is 24.0. The van der Waals surface area contributed by atoms with Gasteiger partial charge in [-0.25, -0.2) is 9.59 Å². The van der Waals surface area contributed by atoms with E-state index in [2.05, 4.69) is 39.8 Å². The molecular formula is C32H46O5. The lowest BCUT2D eigenvalue weighted by Gasteiger charge is -2.43. The molecule has 1 heterocycles. The summed E-state index contributed by atoms with van der Waals surface area (Å²) in [5.41, 5.74) is 1.21. The maximum absolute atomic E-state index is 12.5. The Morgan fingerprint density at radius 1 is 1.00 bits per heavy atom. The first kappa shape index (κ1) is 32.1. The molecule has 0 radical (unpaired) electrons. The van der Waals surface area contributed by atoms with E-state index < -0.39 is 0 Å². The van der Waals surface area contributed by atoms with E-state index >= 15 is 0 Å². The van der Waals surface area contributed by atoms with Gasteiger partial charge < -0.3 is 9.47 Å². The van der Waals surface area contributed by atoms with Crippen molar-refractivity contribution in [1.82, 2.24) is 0 Å². The molecule has 0 fully saturated rings. The van der Waals surface area contributed by atoms with E-state index in [-0.39, 0.29) is 40.6 Å². The topological polar surface area (TPSA) is 69.7 Å². The van der Waals surface area contributed by atoms with Gasteiger partial charge in [0.05, 0.1) is 7.11 Å². The predicted molar refractivity (Wildman–Crippen MR) is 151 cm³/mol. The van der Waals surface area contributed by atoms with Crippen LogP contribution in [0.2, 0.25) is 0 Å².